The molecule has 108 valence electrons. The number of H-pyrrole nitrogens is 1. The number of aromatic nitrogens is 2. The van der Waals surface area contributed by atoms with Crippen LogP contribution < -0.4 is 0 Å². The molecule has 0 unspecified atom stereocenters. The predicted molar refractivity (Wildman–Crippen MR) is 76.7 cm³/mol. The largest absolute Gasteiger partial charge is 0.508 e. The molecule has 0 aliphatic heterocycles. The first kappa shape index (κ1) is 15.7. The van der Waals surface area contributed by atoms with Crippen molar-refractivity contribution in [3.05, 3.63) is 52.1 Å². The zero-order valence-corrected chi connectivity index (χ0v) is 11.7. The minimum absolute atomic E-state index is 0.0159. The number of benzene rings is 1. The van der Waals surface area contributed by atoms with Gasteiger partial charge in [-0.3, -0.25) is 10.1 Å². The third kappa shape index (κ3) is 5.51. The number of unbranched alkanes of at least 4 members (excludes halogenated alkanes) is 1. The second kappa shape index (κ2) is 7.93. The molecule has 2 N–H and O–H groups in total. The van der Waals surface area contributed by atoms with E-state index < -0.39 is 4.92 Å². The Morgan fingerprint density at radius 2 is 2.00 bits per heavy atom. The fourth-order valence-corrected chi connectivity index (χ4v) is 1.54. The van der Waals surface area contributed by atoms with Crippen LogP contribution in [0.2, 0.25) is 0 Å². The summed E-state index contributed by atoms with van der Waals surface area (Å²) in [6.45, 7) is 4.18. The first-order valence-corrected chi connectivity index (χ1v) is 6.46. The maximum Gasteiger partial charge on any atom is 0.269 e. The smallest absolute Gasteiger partial charge is 0.269 e. The Morgan fingerprint density at radius 1 is 1.35 bits per heavy atom. The number of imidazole rings is 1. The van der Waals surface area contributed by atoms with Gasteiger partial charge in [0.2, 0.25) is 0 Å². The van der Waals surface area contributed by atoms with E-state index in [0.29, 0.717) is 0 Å². The highest BCUT2D eigenvalue weighted by atomic mass is 16.6. The summed E-state index contributed by atoms with van der Waals surface area (Å²) in [6.07, 6.45) is 5.56. The number of hydrogen-bond acceptors (Lipinski definition) is 4. The Morgan fingerprint density at radius 3 is 2.45 bits per heavy atom. The number of hydrogen-bond donors (Lipinski definition) is 2. The number of nitrogens with one attached hydrogen (secondary N) is 1. The molecule has 2 rings (SSSR count). The lowest BCUT2D eigenvalue weighted by Gasteiger charge is -1.91. The number of aromatic amines is 1. The predicted octanol–water partition coefficient (Wildman–Crippen LogP) is 3.36. The van der Waals surface area contributed by atoms with E-state index in [-0.39, 0.29) is 11.4 Å². The van der Waals surface area contributed by atoms with E-state index in [1.807, 2.05) is 13.1 Å². The van der Waals surface area contributed by atoms with Gasteiger partial charge in [0, 0.05) is 24.0 Å². The van der Waals surface area contributed by atoms with Crippen molar-refractivity contribution in [1.82, 2.24) is 9.97 Å². The summed E-state index contributed by atoms with van der Waals surface area (Å²) >= 11 is 0. The van der Waals surface area contributed by atoms with Crippen LogP contribution in [0, 0.1) is 17.0 Å². The van der Waals surface area contributed by atoms with E-state index in [1.165, 1.54) is 42.8 Å². The molecule has 0 bridgehead atoms. The molecule has 1 heterocycles. The molecule has 0 fully saturated rings. The second-order valence-corrected chi connectivity index (χ2v) is 4.37. The van der Waals surface area contributed by atoms with Crippen LogP contribution in [-0.4, -0.2) is 20.0 Å². The zero-order chi connectivity index (χ0) is 15.0. The van der Waals surface area contributed by atoms with Crippen LogP contribution in [0.25, 0.3) is 0 Å². The highest BCUT2D eigenvalue weighted by molar-refractivity contribution is 5.34. The molecule has 0 aliphatic rings. The summed E-state index contributed by atoms with van der Waals surface area (Å²) in [4.78, 5) is 16.8. The highest BCUT2D eigenvalue weighted by Crippen LogP contribution is 2.14. The molecule has 0 atom stereocenters. The number of phenols is 1. The molecule has 0 aliphatic carbocycles. The van der Waals surface area contributed by atoms with Crippen LogP contribution in [-0.2, 0) is 6.42 Å². The molecule has 6 heteroatoms. The molecule has 2 aromatic rings. The Hall–Kier alpha value is -2.37. The third-order valence-electron chi connectivity index (χ3n) is 2.62. The average molecular weight is 277 g/mol. The van der Waals surface area contributed by atoms with Crippen LogP contribution in [0.15, 0.2) is 30.5 Å². The Kier molecular flexibility index (Phi) is 6.22. The lowest BCUT2D eigenvalue weighted by molar-refractivity contribution is -0.384. The molecule has 1 aromatic carbocycles. The van der Waals surface area contributed by atoms with Crippen molar-refractivity contribution in [2.75, 3.05) is 0 Å². The molecule has 0 spiro atoms. The zero-order valence-electron chi connectivity index (χ0n) is 11.7. The molecular weight excluding hydrogens is 258 g/mol. The van der Waals surface area contributed by atoms with Gasteiger partial charge in [-0.15, -0.1) is 0 Å². The third-order valence-corrected chi connectivity index (χ3v) is 2.62. The molecule has 0 amide bonds. The van der Waals surface area contributed by atoms with Crippen LogP contribution >= 0.6 is 0 Å². The van der Waals surface area contributed by atoms with E-state index in [9.17, 15) is 10.1 Å². The molecule has 1 aromatic heterocycles. The quantitative estimate of drug-likeness (QED) is 0.662. The van der Waals surface area contributed by atoms with Gasteiger partial charge in [0.1, 0.15) is 11.6 Å². The maximum atomic E-state index is 10.0. The van der Waals surface area contributed by atoms with Gasteiger partial charge in [0.15, 0.2) is 0 Å². The van der Waals surface area contributed by atoms with Crippen molar-refractivity contribution in [1.29, 1.82) is 0 Å². The van der Waals surface area contributed by atoms with Gasteiger partial charge in [-0.25, -0.2) is 4.98 Å². The van der Waals surface area contributed by atoms with Crippen LogP contribution in [0.1, 0.15) is 31.3 Å². The standard InChI is InChI=1S/C8H14N2.C6H5NO3/c1-3-4-5-8-6-9-7(2)10-8;8-6-3-1-5(2-4-6)7(9)10/h6H,3-5H2,1-2H3,(H,9,10);1-4,8H. The Bertz CT molecular complexity index is 535. The SMILES string of the molecule is CCCCc1cnc(C)[nH]1.O=[N+]([O-])c1ccc(O)cc1. The van der Waals surface area contributed by atoms with Gasteiger partial charge in [-0.1, -0.05) is 13.3 Å². The normalized spacial score (nSPS) is 9.70. The van der Waals surface area contributed by atoms with Crippen LogP contribution in [0.5, 0.6) is 5.75 Å². The number of aromatic hydroxyl groups is 1. The summed E-state index contributed by atoms with van der Waals surface area (Å²) in [5.41, 5.74) is 1.25. The van der Waals surface area contributed by atoms with Crippen LogP contribution in [0.4, 0.5) is 5.69 Å². The van der Waals surface area contributed by atoms with E-state index in [2.05, 4.69) is 16.9 Å². The van der Waals surface area contributed by atoms with E-state index >= 15 is 0 Å². The monoisotopic (exact) mass is 277 g/mol. The number of nitrogens with zero attached hydrogens (tertiary/aromatic N) is 2. The summed E-state index contributed by atoms with van der Waals surface area (Å²) in [7, 11) is 0. The van der Waals surface area contributed by atoms with Gasteiger partial charge in [0.05, 0.1) is 4.92 Å². The van der Waals surface area contributed by atoms with Crippen molar-refractivity contribution < 1.29 is 10.0 Å². The van der Waals surface area contributed by atoms with E-state index in [0.717, 1.165) is 12.2 Å². The van der Waals surface area contributed by atoms with Gasteiger partial charge >= 0.3 is 0 Å². The van der Waals surface area contributed by atoms with Crippen molar-refractivity contribution in [2.45, 2.75) is 33.1 Å². The van der Waals surface area contributed by atoms with E-state index in [4.69, 9.17) is 5.11 Å². The molecule has 20 heavy (non-hydrogen) atoms. The number of rotatable bonds is 4. The first-order chi connectivity index (χ1) is 9.52. The van der Waals surface area contributed by atoms with Gasteiger partial charge in [-0.2, -0.15) is 0 Å². The maximum absolute atomic E-state index is 10.0. The highest BCUT2D eigenvalue weighted by Gasteiger charge is 2.01. The average Bonchev–Trinajstić information content (AvgIpc) is 2.83. The number of nitro groups is 1. The molecule has 0 saturated carbocycles. The Balaban J connectivity index is 0.000000200. The molecule has 6 nitrogen and oxygen atoms in total. The summed E-state index contributed by atoms with van der Waals surface area (Å²) < 4.78 is 0. The number of nitro benzene ring substituents is 1. The molecule has 0 radical (unpaired) electrons. The minimum Gasteiger partial charge on any atom is -0.508 e. The van der Waals surface area contributed by atoms with E-state index in [1.54, 1.807) is 0 Å². The summed E-state index contributed by atoms with van der Waals surface area (Å²) in [6, 6.07) is 5.04. The van der Waals surface area contributed by atoms with Gasteiger partial charge < -0.3 is 10.1 Å². The topological polar surface area (TPSA) is 92.0 Å². The molecular formula is C14H19N3O3. The number of non-ortho nitro benzene ring substituents is 1. The minimum atomic E-state index is -0.514. The van der Waals surface area contributed by atoms with Crippen molar-refractivity contribution in [2.24, 2.45) is 0 Å². The van der Waals surface area contributed by atoms with Crippen LogP contribution in [0.3, 0.4) is 0 Å². The van der Waals surface area contributed by atoms with Crippen molar-refractivity contribution in [3.8, 4) is 5.75 Å². The van der Waals surface area contributed by atoms with Gasteiger partial charge in [-0.05, 0) is 31.9 Å². The number of aryl methyl sites for hydroxylation is 2. The fourth-order valence-electron chi connectivity index (χ4n) is 1.54. The summed E-state index contributed by atoms with van der Waals surface area (Å²) in [5.74, 6) is 1.05. The lowest BCUT2D eigenvalue weighted by atomic mass is 10.2. The second-order valence-electron chi connectivity index (χ2n) is 4.37. The summed E-state index contributed by atoms with van der Waals surface area (Å²) in [5, 5.41) is 18.8. The van der Waals surface area contributed by atoms with Crippen molar-refractivity contribution >= 4 is 5.69 Å². The first-order valence-electron chi connectivity index (χ1n) is 6.46. The van der Waals surface area contributed by atoms with Crippen molar-refractivity contribution in [3.63, 3.8) is 0 Å². The number of phenolic OH excluding ortho intramolecular Hbond substituents is 1. The lowest BCUT2D eigenvalue weighted by Crippen LogP contribution is -1.85. The van der Waals surface area contributed by atoms with Gasteiger partial charge in [0.25, 0.3) is 5.69 Å². The molecule has 0 saturated heterocycles. The fraction of sp³-hybridized carbons (Fsp3) is 0.357. The Labute approximate surface area is 117 Å².